The Bertz CT molecular complexity index is 405. The monoisotopic (exact) mass is 253 g/mol. The van der Waals surface area contributed by atoms with Crippen LogP contribution in [-0.4, -0.2) is 6.04 Å². The molecule has 3 atom stereocenters. The zero-order valence-corrected chi connectivity index (χ0v) is 11.0. The van der Waals surface area contributed by atoms with Gasteiger partial charge in [-0.3, -0.25) is 0 Å². The Morgan fingerprint density at radius 2 is 2.11 bits per heavy atom. The molecule has 0 saturated heterocycles. The molecule has 0 spiro atoms. The van der Waals surface area contributed by atoms with E-state index in [-0.39, 0.29) is 17.7 Å². The van der Waals surface area contributed by atoms with Crippen molar-refractivity contribution in [3.8, 4) is 0 Å². The Hall–Kier alpha value is -0.960. The summed E-state index contributed by atoms with van der Waals surface area (Å²) in [6, 6.07) is 3.96. The van der Waals surface area contributed by atoms with Gasteiger partial charge in [-0.05, 0) is 43.9 Å². The van der Waals surface area contributed by atoms with Gasteiger partial charge in [-0.2, -0.15) is 0 Å². The van der Waals surface area contributed by atoms with Gasteiger partial charge in [0.05, 0.1) is 0 Å². The van der Waals surface area contributed by atoms with Gasteiger partial charge in [0.25, 0.3) is 0 Å². The van der Waals surface area contributed by atoms with Crippen molar-refractivity contribution in [2.24, 2.45) is 5.92 Å². The highest BCUT2D eigenvalue weighted by Gasteiger charge is 2.27. The Labute approximate surface area is 108 Å². The molecule has 1 aromatic carbocycles. The maximum Gasteiger partial charge on any atom is 0.128 e. The van der Waals surface area contributed by atoms with E-state index in [2.05, 4.69) is 12.2 Å². The summed E-state index contributed by atoms with van der Waals surface area (Å²) < 4.78 is 26.8. The SMILES string of the molecule is CCC1CCCC1NC(C)c1cc(F)ccc1F. The molecule has 1 aliphatic rings. The summed E-state index contributed by atoms with van der Waals surface area (Å²) in [5.74, 6) is -0.0370. The average molecular weight is 253 g/mol. The number of halogens is 2. The van der Waals surface area contributed by atoms with E-state index >= 15 is 0 Å². The lowest BCUT2D eigenvalue weighted by Crippen LogP contribution is -2.34. The van der Waals surface area contributed by atoms with Gasteiger partial charge < -0.3 is 5.32 Å². The highest BCUT2D eigenvalue weighted by Crippen LogP contribution is 2.30. The molecule has 100 valence electrons. The molecule has 0 bridgehead atoms. The van der Waals surface area contributed by atoms with E-state index in [9.17, 15) is 8.78 Å². The van der Waals surface area contributed by atoms with Crippen LogP contribution in [0.1, 0.15) is 51.1 Å². The molecule has 1 saturated carbocycles. The molecule has 1 aliphatic carbocycles. The summed E-state index contributed by atoms with van der Waals surface area (Å²) >= 11 is 0. The van der Waals surface area contributed by atoms with Gasteiger partial charge in [0.1, 0.15) is 11.6 Å². The molecule has 0 aliphatic heterocycles. The van der Waals surface area contributed by atoms with Gasteiger partial charge in [0.2, 0.25) is 0 Å². The minimum absolute atomic E-state index is 0.141. The zero-order valence-electron chi connectivity index (χ0n) is 11.0. The lowest BCUT2D eigenvalue weighted by atomic mass is 9.98. The standard InChI is InChI=1S/C15H21F2N/c1-3-11-5-4-6-15(11)18-10(2)13-9-12(16)7-8-14(13)17/h7-11,15,18H,3-6H2,1-2H3. The summed E-state index contributed by atoms with van der Waals surface area (Å²) in [4.78, 5) is 0. The number of nitrogens with one attached hydrogen (secondary N) is 1. The Morgan fingerprint density at radius 3 is 2.83 bits per heavy atom. The summed E-state index contributed by atoms with van der Waals surface area (Å²) in [6.45, 7) is 4.10. The van der Waals surface area contributed by atoms with Crippen molar-refractivity contribution in [2.75, 3.05) is 0 Å². The van der Waals surface area contributed by atoms with Gasteiger partial charge in [-0.25, -0.2) is 8.78 Å². The van der Waals surface area contributed by atoms with Crippen molar-refractivity contribution in [3.05, 3.63) is 35.4 Å². The second kappa shape index (κ2) is 5.79. The molecule has 3 unspecified atom stereocenters. The van der Waals surface area contributed by atoms with E-state index in [4.69, 9.17) is 0 Å². The van der Waals surface area contributed by atoms with Gasteiger partial charge in [-0.1, -0.05) is 19.8 Å². The molecule has 18 heavy (non-hydrogen) atoms. The van der Waals surface area contributed by atoms with Crippen LogP contribution in [0.15, 0.2) is 18.2 Å². The first-order valence-corrected chi connectivity index (χ1v) is 6.82. The van der Waals surface area contributed by atoms with Crippen molar-refractivity contribution < 1.29 is 8.78 Å². The Morgan fingerprint density at radius 1 is 1.33 bits per heavy atom. The minimum atomic E-state index is -0.376. The number of benzene rings is 1. The highest BCUT2D eigenvalue weighted by atomic mass is 19.1. The Balaban J connectivity index is 2.07. The lowest BCUT2D eigenvalue weighted by Gasteiger charge is -2.25. The fraction of sp³-hybridized carbons (Fsp3) is 0.600. The van der Waals surface area contributed by atoms with Crippen LogP contribution in [0.2, 0.25) is 0 Å². The van der Waals surface area contributed by atoms with Crippen LogP contribution >= 0.6 is 0 Å². The smallest absolute Gasteiger partial charge is 0.128 e. The molecule has 1 aromatic rings. The maximum atomic E-state index is 13.7. The van der Waals surface area contributed by atoms with E-state index in [1.165, 1.54) is 25.0 Å². The first-order valence-electron chi connectivity index (χ1n) is 6.82. The number of hydrogen-bond acceptors (Lipinski definition) is 1. The Kier molecular flexibility index (Phi) is 4.33. The third kappa shape index (κ3) is 2.89. The normalized spacial score (nSPS) is 25.3. The molecule has 1 fully saturated rings. The number of hydrogen-bond donors (Lipinski definition) is 1. The van der Waals surface area contributed by atoms with E-state index in [0.29, 0.717) is 17.5 Å². The predicted octanol–water partition coefficient (Wildman–Crippen LogP) is 4.19. The van der Waals surface area contributed by atoms with Gasteiger partial charge in [0, 0.05) is 17.6 Å². The molecular weight excluding hydrogens is 232 g/mol. The van der Waals surface area contributed by atoms with E-state index in [1.807, 2.05) is 6.92 Å². The van der Waals surface area contributed by atoms with Crippen LogP contribution in [0.3, 0.4) is 0 Å². The van der Waals surface area contributed by atoms with Crippen LogP contribution in [0, 0.1) is 17.6 Å². The largest absolute Gasteiger partial charge is 0.307 e. The summed E-state index contributed by atoms with van der Waals surface area (Å²) in [7, 11) is 0. The third-order valence-corrected chi connectivity index (χ3v) is 4.07. The molecule has 0 radical (unpaired) electrons. The molecular formula is C15H21F2N. The molecule has 2 rings (SSSR count). The molecule has 0 heterocycles. The van der Waals surface area contributed by atoms with Crippen molar-refractivity contribution >= 4 is 0 Å². The van der Waals surface area contributed by atoms with E-state index in [0.717, 1.165) is 18.9 Å². The summed E-state index contributed by atoms with van der Waals surface area (Å²) in [5.41, 5.74) is 0.428. The first kappa shape index (κ1) is 13.5. The first-order chi connectivity index (χ1) is 8.61. The molecule has 1 N–H and O–H groups in total. The topological polar surface area (TPSA) is 12.0 Å². The lowest BCUT2D eigenvalue weighted by molar-refractivity contribution is 0.355. The van der Waals surface area contributed by atoms with Crippen molar-refractivity contribution in [2.45, 2.75) is 51.6 Å². The van der Waals surface area contributed by atoms with Crippen LogP contribution in [0.25, 0.3) is 0 Å². The molecule has 1 nitrogen and oxygen atoms in total. The second-order valence-electron chi connectivity index (χ2n) is 5.26. The van der Waals surface area contributed by atoms with E-state index < -0.39 is 0 Å². The zero-order chi connectivity index (χ0) is 13.1. The summed E-state index contributed by atoms with van der Waals surface area (Å²) in [6.07, 6.45) is 4.76. The quantitative estimate of drug-likeness (QED) is 0.848. The predicted molar refractivity (Wildman–Crippen MR) is 69.3 cm³/mol. The van der Waals surface area contributed by atoms with Crippen LogP contribution in [0.5, 0.6) is 0 Å². The van der Waals surface area contributed by atoms with Crippen molar-refractivity contribution in [3.63, 3.8) is 0 Å². The summed E-state index contributed by atoms with van der Waals surface area (Å²) in [5, 5.41) is 3.46. The maximum absolute atomic E-state index is 13.7. The van der Waals surface area contributed by atoms with Gasteiger partial charge in [-0.15, -0.1) is 0 Å². The third-order valence-electron chi connectivity index (χ3n) is 4.07. The van der Waals surface area contributed by atoms with Gasteiger partial charge in [0.15, 0.2) is 0 Å². The van der Waals surface area contributed by atoms with Gasteiger partial charge >= 0.3 is 0 Å². The highest BCUT2D eigenvalue weighted by molar-refractivity contribution is 5.22. The minimum Gasteiger partial charge on any atom is -0.307 e. The average Bonchev–Trinajstić information content (AvgIpc) is 2.79. The second-order valence-corrected chi connectivity index (χ2v) is 5.26. The molecule has 0 aromatic heterocycles. The van der Waals surface area contributed by atoms with Crippen molar-refractivity contribution in [1.29, 1.82) is 0 Å². The van der Waals surface area contributed by atoms with Crippen LogP contribution in [-0.2, 0) is 0 Å². The fourth-order valence-electron chi connectivity index (χ4n) is 3.00. The van der Waals surface area contributed by atoms with Crippen LogP contribution in [0.4, 0.5) is 8.78 Å². The number of rotatable bonds is 4. The van der Waals surface area contributed by atoms with E-state index in [1.54, 1.807) is 0 Å². The fourth-order valence-corrected chi connectivity index (χ4v) is 3.00. The molecule has 3 heteroatoms. The molecule has 0 amide bonds. The van der Waals surface area contributed by atoms with Crippen LogP contribution < -0.4 is 5.32 Å². The van der Waals surface area contributed by atoms with Crippen molar-refractivity contribution in [1.82, 2.24) is 5.32 Å².